The molecular weight excluding hydrogens is 344 g/mol. The first-order chi connectivity index (χ1) is 13.1. The van der Waals surface area contributed by atoms with Crippen LogP contribution < -0.4 is 10.1 Å². The molecule has 0 saturated carbocycles. The van der Waals surface area contributed by atoms with Crippen molar-refractivity contribution >= 4 is 22.5 Å². The average molecular weight is 362 g/mol. The zero-order valence-electron chi connectivity index (χ0n) is 14.9. The third kappa shape index (κ3) is 3.82. The maximum Gasteiger partial charge on any atom is 0.255 e. The van der Waals surface area contributed by atoms with Crippen molar-refractivity contribution in [1.82, 2.24) is 15.1 Å². The Balaban J connectivity index is 1.40. The van der Waals surface area contributed by atoms with Crippen molar-refractivity contribution in [3.05, 3.63) is 71.5 Å². The number of carbonyl (C=O) groups excluding carboxylic acids is 1. The highest BCUT2D eigenvalue weighted by molar-refractivity contribution is 6.05. The van der Waals surface area contributed by atoms with Gasteiger partial charge in [-0.05, 0) is 55.5 Å². The van der Waals surface area contributed by atoms with E-state index in [1.165, 1.54) is 0 Å². The zero-order chi connectivity index (χ0) is 18.8. The van der Waals surface area contributed by atoms with Crippen LogP contribution >= 0.6 is 0 Å². The molecule has 2 heterocycles. The largest absolute Gasteiger partial charge is 0.485 e. The van der Waals surface area contributed by atoms with E-state index < -0.39 is 0 Å². The predicted molar refractivity (Wildman–Crippen MR) is 101 cm³/mol. The number of hydrogen-bond donors (Lipinski definition) is 2. The van der Waals surface area contributed by atoms with Gasteiger partial charge in [-0.15, -0.1) is 0 Å². The van der Waals surface area contributed by atoms with Crippen molar-refractivity contribution in [2.45, 2.75) is 20.5 Å². The van der Waals surface area contributed by atoms with Crippen LogP contribution in [0.5, 0.6) is 5.75 Å². The van der Waals surface area contributed by atoms with Gasteiger partial charge in [-0.1, -0.05) is 5.16 Å². The Labute approximate surface area is 155 Å². The van der Waals surface area contributed by atoms with Gasteiger partial charge in [0, 0.05) is 34.8 Å². The maximum absolute atomic E-state index is 12.5. The summed E-state index contributed by atoms with van der Waals surface area (Å²) in [5.41, 5.74) is 3.42. The summed E-state index contributed by atoms with van der Waals surface area (Å²) in [6.07, 6.45) is 0. The minimum Gasteiger partial charge on any atom is -0.485 e. The molecule has 0 spiro atoms. The van der Waals surface area contributed by atoms with E-state index in [-0.39, 0.29) is 12.5 Å². The predicted octanol–water partition coefficient (Wildman–Crippen LogP) is 4.00. The van der Waals surface area contributed by atoms with Gasteiger partial charge < -0.3 is 19.6 Å². The molecule has 4 rings (SSSR count). The molecule has 7 nitrogen and oxygen atoms in total. The molecule has 1 amide bonds. The number of benzene rings is 2. The average Bonchev–Trinajstić information content (AvgIpc) is 3.24. The Morgan fingerprint density at radius 3 is 2.70 bits per heavy atom. The lowest BCUT2D eigenvalue weighted by Crippen LogP contribution is -2.11. The van der Waals surface area contributed by atoms with Crippen LogP contribution in [0.2, 0.25) is 0 Å². The summed E-state index contributed by atoms with van der Waals surface area (Å²) in [6, 6.07) is 14.7. The molecule has 0 radical (unpaired) electrons. The van der Waals surface area contributed by atoms with Gasteiger partial charge in [0.1, 0.15) is 5.75 Å². The SMILES string of the molecule is Cc1cc2cc(NC(=O)c3ccc(OCc4noc(C)n4)cc3)ccc2[nH]1. The number of carbonyl (C=O) groups is 1. The summed E-state index contributed by atoms with van der Waals surface area (Å²) < 4.78 is 10.5. The van der Waals surface area contributed by atoms with Gasteiger partial charge in [0.15, 0.2) is 6.61 Å². The molecule has 0 aliphatic carbocycles. The monoisotopic (exact) mass is 362 g/mol. The molecule has 2 aromatic carbocycles. The lowest BCUT2D eigenvalue weighted by Gasteiger charge is -2.07. The number of aromatic nitrogens is 3. The quantitative estimate of drug-likeness (QED) is 0.560. The summed E-state index contributed by atoms with van der Waals surface area (Å²) in [7, 11) is 0. The summed E-state index contributed by atoms with van der Waals surface area (Å²) in [5, 5.41) is 7.74. The van der Waals surface area contributed by atoms with Crippen LogP contribution in [0.3, 0.4) is 0 Å². The number of ether oxygens (including phenoxy) is 1. The van der Waals surface area contributed by atoms with E-state index in [0.29, 0.717) is 23.0 Å². The molecule has 0 aliphatic heterocycles. The minimum absolute atomic E-state index is 0.179. The first-order valence-electron chi connectivity index (χ1n) is 8.49. The van der Waals surface area contributed by atoms with Gasteiger partial charge in [-0.2, -0.15) is 4.98 Å². The van der Waals surface area contributed by atoms with E-state index in [2.05, 4.69) is 20.4 Å². The molecule has 0 fully saturated rings. The van der Waals surface area contributed by atoms with Crippen molar-refractivity contribution in [2.75, 3.05) is 5.32 Å². The number of aryl methyl sites for hydroxylation is 2. The van der Waals surface area contributed by atoms with E-state index in [0.717, 1.165) is 22.3 Å². The minimum atomic E-state index is -0.179. The zero-order valence-corrected chi connectivity index (χ0v) is 14.9. The molecule has 2 N–H and O–H groups in total. The highest BCUT2D eigenvalue weighted by Crippen LogP contribution is 2.21. The van der Waals surface area contributed by atoms with E-state index in [9.17, 15) is 4.79 Å². The number of amides is 1. The summed E-state index contributed by atoms with van der Waals surface area (Å²) in [4.78, 5) is 19.8. The number of fused-ring (bicyclic) bond motifs is 1. The third-order valence-corrected chi connectivity index (χ3v) is 4.07. The molecule has 4 aromatic rings. The van der Waals surface area contributed by atoms with Crippen molar-refractivity contribution < 1.29 is 14.1 Å². The second-order valence-corrected chi connectivity index (χ2v) is 6.25. The number of rotatable bonds is 5. The van der Waals surface area contributed by atoms with Crippen LogP contribution in [0.25, 0.3) is 10.9 Å². The molecule has 0 unspecified atom stereocenters. The van der Waals surface area contributed by atoms with Crippen molar-refractivity contribution in [2.24, 2.45) is 0 Å². The Bertz CT molecular complexity index is 1100. The van der Waals surface area contributed by atoms with Crippen LogP contribution in [0, 0.1) is 13.8 Å². The number of H-pyrrole nitrogens is 1. The van der Waals surface area contributed by atoms with Crippen LogP contribution in [0.15, 0.2) is 53.1 Å². The molecular formula is C20H18N4O3. The topological polar surface area (TPSA) is 93.0 Å². The van der Waals surface area contributed by atoms with Crippen molar-refractivity contribution in [3.8, 4) is 5.75 Å². The van der Waals surface area contributed by atoms with Gasteiger partial charge in [0.25, 0.3) is 5.91 Å². The highest BCUT2D eigenvalue weighted by atomic mass is 16.5. The van der Waals surface area contributed by atoms with Gasteiger partial charge >= 0.3 is 0 Å². The number of hydrogen-bond acceptors (Lipinski definition) is 5. The number of nitrogens with zero attached hydrogens (tertiary/aromatic N) is 2. The summed E-state index contributed by atoms with van der Waals surface area (Å²) in [5.74, 6) is 1.42. The molecule has 27 heavy (non-hydrogen) atoms. The standard InChI is InChI=1S/C20H18N4O3/c1-12-9-15-10-16(5-8-18(15)21-12)23-20(25)14-3-6-17(7-4-14)26-11-19-22-13(2)27-24-19/h3-10,21H,11H2,1-2H3,(H,23,25). The Kier molecular flexibility index (Phi) is 4.33. The molecule has 7 heteroatoms. The second kappa shape index (κ2) is 6.95. The normalized spacial score (nSPS) is 10.9. The lowest BCUT2D eigenvalue weighted by molar-refractivity contribution is 0.102. The van der Waals surface area contributed by atoms with E-state index in [1.54, 1.807) is 31.2 Å². The van der Waals surface area contributed by atoms with Crippen molar-refractivity contribution in [1.29, 1.82) is 0 Å². The molecule has 0 aliphatic rings. The fourth-order valence-corrected chi connectivity index (χ4v) is 2.81. The van der Waals surface area contributed by atoms with Gasteiger partial charge in [0.2, 0.25) is 11.7 Å². The smallest absolute Gasteiger partial charge is 0.255 e. The lowest BCUT2D eigenvalue weighted by atomic mass is 10.2. The molecule has 0 bridgehead atoms. The Morgan fingerprint density at radius 1 is 1.15 bits per heavy atom. The van der Waals surface area contributed by atoms with Crippen molar-refractivity contribution in [3.63, 3.8) is 0 Å². The summed E-state index contributed by atoms with van der Waals surface area (Å²) in [6.45, 7) is 3.93. The molecule has 2 aromatic heterocycles. The van der Waals surface area contributed by atoms with Crippen LogP contribution in [-0.2, 0) is 6.61 Å². The Hall–Kier alpha value is -3.61. The number of aromatic amines is 1. The fourth-order valence-electron chi connectivity index (χ4n) is 2.81. The van der Waals surface area contributed by atoms with E-state index >= 15 is 0 Å². The second-order valence-electron chi connectivity index (χ2n) is 6.25. The van der Waals surface area contributed by atoms with Crippen LogP contribution in [0.1, 0.15) is 27.8 Å². The molecule has 136 valence electrons. The maximum atomic E-state index is 12.5. The van der Waals surface area contributed by atoms with E-state index in [1.807, 2.05) is 31.2 Å². The molecule has 0 saturated heterocycles. The van der Waals surface area contributed by atoms with E-state index in [4.69, 9.17) is 9.26 Å². The first kappa shape index (κ1) is 16.8. The Morgan fingerprint density at radius 2 is 1.96 bits per heavy atom. The van der Waals surface area contributed by atoms with Crippen LogP contribution in [0.4, 0.5) is 5.69 Å². The van der Waals surface area contributed by atoms with Gasteiger partial charge in [-0.25, -0.2) is 0 Å². The van der Waals surface area contributed by atoms with Gasteiger partial charge in [-0.3, -0.25) is 4.79 Å². The first-order valence-corrected chi connectivity index (χ1v) is 8.49. The van der Waals surface area contributed by atoms with Gasteiger partial charge in [0.05, 0.1) is 0 Å². The number of nitrogens with one attached hydrogen (secondary N) is 2. The third-order valence-electron chi connectivity index (χ3n) is 4.07. The fraction of sp³-hybridized carbons (Fsp3) is 0.150. The highest BCUT2D eigenvalue weighted by Gasteiger charge is 2.08. The molecule has 0 atom stereocenters. The van der Waals surface area contributed by atoms with Crippen LogP contribution in [-0.4, -0.2) is 21.0 Å². The summed E-state index contributed by atoms with van der Waals surface area (Å²) >= 11 is 0. The number of anilines is 1.